The molecule has 2 N–H and O–H groups in total. The van der Waals surface area contributed by atoms with Gasteiger partial charge in [-0.25, -0.2) is 4.79 Å². The number of nitrogens with zero attached hydrogens (tertiary/aromatic N) is 1. The number of carboxylic acids is 1. The molecule has 2 aromatic carbocycles. The van der Waals surface area contributed by atoms with Crippen molar-refractivity contribution in [2.45, 2.75) is 6.54 Å². The Morgan fingerprint density at radius 3 is 2.57 bits per heavy atom. The van der Waals surface area contributed by atoms with E-state index in [0.29, 0.717) is 12.3 Å². The average Bonchev–Trinajstić information content (AvgIpc) is 2.93. The number of rotatable bonds is 6. The minimum atomic E-state index is -0.981. The van der Waals surface area contributed by atoms with Crippen molar-refractivity contribution in [2.24, 2.45) is 0 Å². The molecular formula is C18H17NO4. The molecule has 0 aliphatic rings. The van der Waals surface area contributed by atoms with Gasteiger partial charge in [0.1, 0.15) is 18.1 Å². The van der Waals surface area contributed by atoms with Crippen LogP contribution in [0.15, 0.2) is 54.6 Å². The highest BCUT2D eigenvalue weighted by molar-refractivity contribution is 5.97. The molecule has 5 nitrogen and oxygen atoms in total. The van der Waals surface area contributed by atoms with Gasteiger partial charge in [-0.05, 0) is 23.8 Å². The SMILES string of the molecule is O=C(O)c1cc2c(OCCO)cccc2n1Cc1ccccc1. The lowest BCUT2D eigenvalue weighted by molar-refractivity contribution is 0.0686. The molecule has 0 radical (unpaired) electrons. The van der Waals surface area contributed by atoms with Crippen LogP contribution in [0.2, 0.25) is 0 Å². The van der Waals surface area contributed by atoms with Gasteiger partial charge < -0.3 is 19.5 Å². The fourth-order valence-corrected chi connectivity index (χ4v) is 2.65. The van der Waals surface area contributed by atoms with Gasteiger partial charge >= 0.3 is 5.97 Å². The summed E-state index contributed by atoms with van der Waals surface area (Å²) in [5.41, 5.74) is 2.03. The molecule has 0 bridgehead atoms. The van der Waals surface area contributed by atoms with Crippen LogP contribution in [-0.4, -0.2) is 34.0 Å². The van der Waals surface area contributed by atoms with Gasteiger partial charge in [-0.15, -0.1) is 0 Å². The zero-order valence-corrected chi connectivity index (χ0v) is 12.5. The van der Waals surface area contributed by atoms with Crippen LogP contribution in [0, 0.1) is 0 Å². The maximum Gasteiger partial charge on any atom is 0.352 e. The number of ether oxygens (including phenoxy) is 1. The van der Waals surface area contributed by atoms with Crippen LogP contribution in [0.1, 0.15) is 16.1 Å². The van der Waals surface area contributed by atoms with Crippen LogP contribution in [0.3, 0.4) is 0 Å². The third-order valence-corrected chi connectivity index (χ3v) is 3.66. The third kappa shape index (κ3) is 3.05. The van der Waals surface area contributed by atoms with Crippen LogP contribution >= 0.6 is 0 Å². The van der Waals surface area contributed by atoms with Crippen LogP contribution < -0.4 is 4.74 Å². The van der Waals surface area contributed by atoms with E-state index in [1.165, 1.54) is 0 Å². The number of aliphatic hydroxyl groups is 1. The number of aromatic carboxylic acids is 1. The van der Waals surface area contributed by atoms with E-state index in [9.17, 15) is 9.90 Å². The first-order chi connectivity index (χ1) is 11.2. The Kier molecular flexibility index (Phi) is 4.30. The first kappa shape index (κ1) is 15.1. The van der Waals surface area contributed by atoms with E-state index in [0.717, 1.165) is 16.5 Å². The highest BCUT2D eigenvalue weighted by atomic mass is 16.5. The predicted octanol–water partition coefficient (Wildman–Crippen LogP) is 2.76. The first-order valence-corrected chi connectivity index (χ1v) is 7.34. The van der Waals surface area contributed by atoms with Gasteiger partial charge in [-0.3, -0.25) is 0 Å². The van der Waals surface area contributed by atoms with Crippen LogP contribution in [0.4, 0.5) is 0 Å². The van der Waals surface area contributed by atoms with Crippen molar-refractivity contribution in [3.63, 3.8) is 0 Å². The van der Waals surface area contributed by atoms with Crippen molar-refractivity contribution in [1.82, 2.24) is 4.57 Å². The monoisotopic (exact) mass is 311 g/mol. The number of benzene rings is 2. The van der Waals surface area contributed by atoms with Crippen molar-refractivity contribution < 1.29 is 19.7 Å². The summed E-state index contributed by atoms with van der Waals surface area (Å²) >= 11 is 0. The molecule has 5 heteroatoms. The summed E-state index contributed by atoms with van der Waals surface area (Å²) in [5.74, 6) is -0.406. The smallest absolute Gasteiger partial charge is 0.352 e. The number of carboxylic acid groups (broad SMARTS) is 1. The molecule has 0 amide bonds. The predicted molar refractivity (Wildman–Crippen MR) is 87.0 cm³/mol. The fraction of sp³-hybridized carbons (Fsp3) is 0.167. The Bertz CT molecular complexity index is 824. The molecule has 118 valence electrons. The molecule has 3 aromatic rings. The molecule has 1 heterocycles. The number of carbonyl (C=O) groups is 1. The minimum Gasteiger partial charge on any atom is -0.490 e. The zero-order valence-electron chi connectivity index (χ0n) is 12.5. The van der Waals surface area contributed by atoms with Crippen molar-refractivity contribution in [3.8, 4) is 5.75 Å². The van der Waals surface area contributed by atoms with E-state index in [4.69, 9.17) is 9.84 Å². The van der Waals surface area contributed by atoms with Crippen LogP contribution in [0.5, 0.6) is 5.75 Å². The minimum absolute atomic E-state index is 0.0904. The van der Waals surface area contributed by atoms with Crippen molar-refractivity contribution >= 4 is 16.9 Å². The van der Waals surface area contributed by atoms with E-state index >= 15 is 0 Å². The summed E-state index contributed by atoms with van der Waals surface area (Å²) in [4.78, 5) is 11.6. The van der Waals surface area contributed by atoms with Crippen molar-refractivity contribution in [1.29, 1.82) is 0 Å². The highest BCUT2D eigenvalue weighted by Gasteiger charge is 2.17. The number of hydrogen-bond donors (Lipinski definition) is 2. The van der Waals surface area contributed by atoms with Crippen molar-refractivity contribution in [3.05, 3.63) is 65.9 Å². The van der Waals surface area contributed by atoms with E-state index < -0.39 is 5.97 Å². The van der Waals surface area contributed by atoms with E-state index in [1.54, 1.807) is 16.7 Å². The standard InChI is InChI=1S/C18H17NO4/c20-9-10-23-17-8-4-7-15-14(17)11-16(18(21)22)19(15)12-13-5-2-1-3-6-13/h1-8,11,20H,9-10,12H2,(H,21,22). The Balaban J connectivity index is 2.11. The molecule has 0 saturated heterocycles. The van der Waals surface area contributed by atoms with Gasteiger partial charge in [0.25, 0.3) is 0 Å². The summed E-state index contributed by atoms with van der Waals surface area (Å²) in [6.07, 6.45) is 0. The maximum absolute atomic E-state index is 11.6. The summed E-state index contributed by atoms with van der Waals surface area (Å²) in [6, 6.07) is 16.8. The topological polar surface area (TPSA) is 71.7 Å². The quantitative estimate of drug-likeness (QED) is 0.734. The lowest BCUT2D eigenvalue weighted by Gasteiger charge is -2.10. The lowest BCUT2D eigenvalue weighted by atomic mass is 10.2. The average molecular weight is 311 g/mol. The summed E-state index contributed by atoms with van der Waals surface area (Å²) in [6.45, 7) is 0.549. The molecule has 0 unspecified atom stereocenters. The highest BCUT2D eigenvalue weighted by Crippen LogP contribution is 2.29. The fourth-order valence-electron chi connectivity index (χ4n) is 2.65. The number of aliphatic hydroxyl groups excluding tert-OH is 1. The molecule has 0 atom stereocenters. The van der Waals surface area contributed by atoms with Gasteiger partial charge in [0.2, 0.25) is 0 Å². The Labute approximate surface area is 133 Å². The third-order valence-electron chi connectivity index (χ3n) is 3.66. The molecule has 0 fully saturated rings. The first-order valence-electron chi connectivity index (χ1n) is 7.34. The van der Waals surface area contributed by atoms with Gasteiger partial charge in [-0.1, -0.05) is 36.4 Å². The van der Waals surface area contributed by atoms with E-state index in [1.807, 2.05) is 42.5 Å². The van der Waals surface area contributed by atoms with E-state index in [2.05, 4.69) is 0 Å². The normalized spacial score (nSPS) is 10.8. The van der Waals surface area contributed by atoms with Gasteiger partial charge in [-0.2, -0.15) is 0 Å². The van der Waals surface area contributed by atoms with Gasteiger partial charge in [0.05, 0.1) is 12.1 Å². The summed E-state index contributed by atoms with van der Waals surface area (Å²) < 4.78 is 7.27. The maximum atomic E-state index is 11.6. The van der Waals surface area contributed by atoms with E-state index in [-0.39, 0.29) is 18.9 Å². The molecule has 3 rings (SSSR count). The van der Waals surface area contributed by atoms with Gasteiger partial charge in [0.15, 0.2) is 0 Å². The molecular weight excluding hydrogens is 294 g/mol. The largest absolute Gasteiger partial charge is 0.490 e. The Morgan fingerprint density at radius 1 is 1.09 bits per heavy atom. The van der Waals surface area contributed by atoms with Gasteiger partial charge in [0, 0.05) is 11.9 Å². The Hall–Kier alpha value is -2.79. The molecule has 1 aromatic heterocycles. The second-order valence-corrected chi connectivity index (χ2v) is 5.17. The lowest BCUT2D eigenvalue weighted by Crippen LogP contribution is -2.09. The zero-order chi connectivity index (χ0) is 16.2. The van der Waals surface area contributed by atoms with Crippen LogP contribution in [-0.2, 0) is 6.54 Å². The molecule has 0 saturated carbocycles. The second kappa shape index (κ2) is 6.54. The molecule has 0 aliphatic carbocycles. The molecule has 23 heavy (non-hydrogen) atoms. The van der Waals surface area contributed by atoms with Crippen LogP contribution in [0.25, 0.3) is 10.9 Å². The number of aromatic nitrogens is 1. The van der Waals surface area contributed by atoms with Crippen molar-refractivity contribution in [2.75, 3.05) is 13.2 Å². The number of hydrogen-bond acceptors (Lipinski definition) is 3. The Morgan fingerprint density at radius 2 is 1.87 bits per heavy atom. The molecule has 0 spiro atoms. The molecule has 0 aliphatic heterocycles. The number of fused-ring (bicyclic) bond motifs is 1. The summed E-state index contributed by atoms with van der Waals surface area (Å²) in [7, 11) is 0. The second-order valence-electron chi connectivity index (χ2n) is 5.17. The summed E-state index contributed by atoms with van der Waals surface area (Å²) in [5, 5.41) is 19.2.